The molecule has 0 amide bonds. The Balaban J connectivity index is 4.92. The van der Waals surface area contributed by atoms with Crippen molar-refractivity contribution in [3.05, 3.63) is 35.5 Å². The zero-order valence-electron chi connectivity index (χ0n) is 12.0. The second-order valence-electron chi connectivity index (χ2n) is 3.87. The largest absolute Gasteiger partial charge is 0.695 e. The van der Waals surface area contributed by atoms with Gasteiger partial charge < -0.3 is 13.3 Å². The van der Waals surface area contributed by atoms with Crippen molar-refractivity contribution in [3.8, 4) is 0 Å². The lowest BCUT2D eigenvalue weighted by Crippen LogP contribution is -2.41. The molecule has 0 aliphatic rings. The van der Waals surface area contributed by atoms with Crippen molar-refractivity contribution in [2.45, 2.75) is 48.1 Å². The number of hydrogen-bond acceptors (Lipinski definition) is 3. The molecule has 3 nitrogen and oxygen atoms in total. The molecule has 4 heteroatoms. The zero-order chi connectivity index (χ0) is 13.5. The zero-order valence-corrected chi connectivity index (χ0v) is 13.0. The predicted octanol–water partition coefficient (Wildman–Crippen LogP) is 4.38. The second-order valence-corrected chi connectivity index (χ2v) is 6.20. The van der Waals surface area contributed by atoms with Gasteiger partial charge in [0.1, 0.15) is 0 Å². The summed E-state index contributed by atoms with van der Waals surface area (Å²) in [7, 11) is -2.71. The highest BCUT2D eigenvalue weighted by Gasteiger charge is 2.42. The van der Waals surface area contributed by atoms with E-state index in [1.54, 1.807) is 0 Å². The molecule has 0 N–H and O–H groups in total. The quantitative estimate of drug-likeness (QED) is 0.521. The van der Waals surface area contributed by atoms with E-state index in [0.29, 0.717) is 0 Å². The molecule has 0 heterocycles. The highest BCUT2D eigenvalue weighted by Crippen LogP contribution is 2.20. The van der Waals surface area contributed by atoms with Crippen molar-refractivity contribution >= 4 is 8.80 Å². The van der Waals surface area contributed by atoms with Crippen LogP contribution in [-0.2, 0) is 13.3 Å². The fourth-order valence-electron chi connectivity index (χ4n) is 1.12. The molecule has 0 aromatic heterocycles. The van der Waals surface area contributed by atoms with Crippen molar-refractivity contribution in [2.24, 2.45) is 0 Å². The van der Waals surface area contributed by atoms with Gasteiger partial charge in [-0.2, -0.15) is 0 Å². The topological polar surface area (TPSA) is 27.7 Å². The van der Waals surface area contributed by atoms with Gasteiger partial charge in [-0.15, -0.1) is 0 Å². The normalized spacial score (nSPS) is 14.6. The maximum absolute atomic E-state index is 5.81. The smallest absolute Gasteiger partial charge is 0.488 e. The molecule has 0 saturated heterocycles. The number of allylic oxidation sites excluding steroid dienone is 6. The first-order chi connectivity index (χ1) is 7.86. The van der Waals surface area contributed by atoms with E-state index < -0.39 is 8.80 Å². The van der Waals surface area contributed by atoms with Gasteiger partial charge in [-0.3, -0.25) is 0 Å². The number of hydrogen-bond donors (Lipinski definition) is 0. The van der Waals surface area contributed by atoms with Crippen molar-refractivity contribution < 1.29 is 13.3 Å². The Hall–Kier alpha value is -1.16. The Bertz CT molecular complexity index is 279. The van der Waals surface area contributed by atoms with Crippen LogP contribution in [0.2, 0.25) is 6.55 Å². The molecular weight excluding hydrogens is 232 g/mol. The summed E-state index contributed by atoms with van der Waals surface area (Å²) >= 11 is 0. The minimum atomic E-state index is -2.71. The molecule has 0 spiro atoms. The minimum absolute atomic E-state index is 0.812. The Morgan fingerprint density at radius 1 is 0.706 bits per heavy atom. The average molecular weight is 256 g/mol. The van der Waals surface area contributed by atoms with Crippen LogP contribution in [0.15, 0.2) is 35.5 Å². The third-order valence-corrected chi connectivity index (χ3v) is 4.34. The lowest BCUT2D eigenvalue weighted by molar-refractivity contribution is 0.150. The fourth-order valence-corrected chi connectivity index (χ4v) is 3.35. The van der Waals surface area contributed by atoms with Gasteiger partial charge in [-0.1, -0.05) is 18.2 Å². The fraction of sp³-hybridized carbons (Fsp3) is 0.538. The minimum Gasteiger partial charge on any atom is -0.488 e. The molecule has 0 rings (SSSR count). The summed E-state index contributed by atoms with van der Waals surface area (Å²) in [6.07, 6.45) is 5.69. The van der Waals surface area contributed by atoms with E-state index in [-0.39, 0.29) is 0 Å². The molecule has 0 atom stereocenters. The third kappa shape index (κ3) is 6.21. The third-order valence-electron chi connectivity index (χ3n) is 2.26. The maximum Gasteiger partial charge on any atom is 0.695 e. The van der Waals surface area contributed by atoms with E-state index in [2.05, 4.69) is 0 Å². The molecular formula is C13H24O3Si. The summed E-state index contributed by atoms with van der Waals surface area (Å²) in [5.41, 5.74) is 0. The molecule has 0 bridgehead atoms. The summed E-state index contributed by atoms with van der Waals surface area (Å²) in [4.78, 5) is 0. The monoisotopic (exact) mass is 256 g/mol. The highest BCUT2D eigenvalue weighted by molar-refractivity contribution is 6.60. The van der Waals surface area contributed by atoms with Gasteiger partial charge in [0.2, 0.25) is 0 Å². The van der Waals surface area contributed by atoms with Crippen molar-refractivity contribution in [1.29, 1.82) is 0 Å². The molecule has 0 aromatic rings. The van der Waals surface area contributed by atoms with Gasteiger partial charge in [0.25, 0.3) is 0 Å². The lowest BCUT2D eigenvalue weighted by atomic mass is 10.5. The van der Waals surface area contributed by atoms with Crippen LogP contribution in [0.25, 0.3) is 0 Å². The molecule has 0 aliphatic heterocycles. The summed E-state index contributed by atoms with van der Waals surface area (Å²) in [5.74, 6) is 2.44. The van der Waals surface area contributed by atoms with E-state index in [0.717, 1.165) is 17.3 Å². The van der Waals surface area contributed by atoms with E-state index in [1.807, 2.05) is 66.3 Å². The van der Waals surface area contributed by atoms with Crippen LogP contribution in [0.1, 0.15) is 41.5 Å². The van der Waals surface area contributed by atoms with Crippen molar-refractivity contribution in [3.63, 3.8) is 0 Å². The van der Waals surface area contributed by atoms with Gasteiger partial charge in [0.05, 0.1) is 17.3 Å². The van der Waals surface area contributed by atoms with Crippen LogP contribution < -0.4 is 0 Å². The van der Waals surface area contributed by atoms with Crippen LogP contribution in [0.5, 0.6) is 0 Å². The molecule has 0 fully saturated rings. The van der Waals surface area contributed by atoms with Crippen molar-refractivity contribution in [1.82, 2.24) is 0 Å². The summed E-state index contributed by atoms with van der Waals surface area (Å²) in [5, 5.41) is 0. The lowest BCUT2D eigenvalue weighted by Gasteiger charge is -2.28. The molecule has 0 saturated carbocycles. The molecule has 0 radical (unpaired) electrons. The predicted molar refractivity (Wildman–Crippen MR) is 73.2 cm³/mol. The van der Waals surface area contributed by atoms with Gasteiger partial charge >= 0.3 is 8.80 Å². The van der Waals surface area contributed by atoms with Gasteiger partial charge in [0.15, 0.2) is 0 Å². The van der Waals surface area contributed by atoms with Crippen LogP contribution in [-0.4, -0.2) is 8.80 Å². The Labute approximate surface area is 106 Å². The van der Waals surface area contributed by atoms with E-state index in [9.17, 15) is 0 Å². The van der Waals surface area contributed by atoms with Gasteiger partial charge in [0, 0.05) is 6.55 Å². The van der Waals surface area contributed by atoms with Crippen LogP contribution >= 0.6 is 0 Å². The van der Waals surface area contributed by atoms with Gasteiger partial charge in [-0.05, 0) is 41.5 Å². The Kier molecular flexibility index (Phi) is 6.73. The number of rotatable bonds is 6. The Morgan fingerprint density at radius 2 is 0.941 bits per heavy atom. The van der Waals surface area contributed by atoms with Crippen LogP contribution in [0, 0.1) is 0 Å². The standard InChI is InChI=1S/C13H24O3Si/c1-8-11(4)14-17(7,15-12(5)9-2)16-13(6)10-3/h8-10H,1-7H3/b11-8+,12-9+,13-10+. The molecule has 0 aromatic carbocycles. The summed E-state index contributed by atoms with van der Waals surface area (Å²) in [6.45, 7) is 13.4. The van der Waals surface area contributed by atoms with Crippen LogP contribution in [0.4, 0.5) is 0 Å². The first-order valence-corrected chi connectivity index (χ1v) is 8.05. The second kappa shape index (κ2) is 7.22. The SMILES string of the molecule is C/C=C(\C)O[Si](C)(O/C(C)=C/C)O/C(C)=C/C. The molecule has 0 aliphatic carbocycles. The van der Waals surface area contributed by atoms with E-state index in [4.69, 9.17) is 13.3 Å². The van der Waals surface area contributed by atoms with Gasteiger partial charge in [-0.25, -0.2) is 0 Å². The maximum atomic E-state index is 5.81. The van der Waals surface area contributed by atoms with Crippen LogP contribution in [0.3, 0.4) is 0 Å². The van der Waals surface area contributed by atoms with Crippen molar-refractivity contribution in [2.75, 3.05) is 0 Å². The molecule has 98 valence electrons. The first-order valence-electron chi connectivity index (χ1n) is 5.82. The molecule has 17 heavy (non-hydrogen) atoms. The highest BCUT2D eigenvalue weighted by atomic mass is 28.4. The average Bonchev–Trinajstić information content (AvgIpc) is 2.27. The van der Waals surface area contributed by atoms with E-state index >= 15 is 0 Å². The van der Waals surface area contributed by atoms with E-state index in [1.165, 1.54) is 0 Å². The summed E-state index contributed by atoms with van der Waals surface area (Å²) < 4.78 is 17.4. The first kappa shape index (κ1) is 15.8. The summed E-state index contributed by atoms with van der Waals surface area (Å²) in [6, 6.07) is 0. The Morgan fingerprint density at radius 3 is 1.12 bits per heavy atom. The molecule has 0 unspecified atom stereocenters.